The van der Waals surface area contributed by atoms with Crippen LogP contribution in [-0.4, -0.2) is 46.9 Å². The van der Waals surface area contributed by atoms with Crippen LogP contribution in [0, 0.1) is 5.92 Å². The van der Waals surface area contributed by atoms with Gasteiger partial charge in [-0.05, 0) is 18.8 Å². The maximum Gasteiger partial charge on any atom is 0.226 e. The van der Waals surface area contributed by atoms with E-state index in [0.29, 0.717) is 29.8 Å². The zero-order chi connectivity index (χ0) is 16.1. The van der Waals surface area contributed by atoms with Crippen LogP contribution >= 0.6 is 11.6 Å². The van der Waals surface area contributed by atoms with Crippen molar-refractivity contribution >= 4 is 17.5 Å². The monoisotopic (exact) mass is 337 g/mol. The molecular formula is C15H20ClN5O2. The van der Waals surface area contributed by atoms with Crippen molar-refractivity contribution in [2.24, 2.45) is 5.92 Å². The molecule has 1 fully saturated rings. The van der Waals surface area contributed by atoms with Crippen molar-refractivity contribution in [1.82, 2.24) is 20.1 Å². The zero-order valence-electron chi connectivity index (χ0n) is 13.1. The number of aromatic nitrogens is 4. The second kappa shape index (κ2) is 7.70. The van der Waals surface area contributed by atoms with Gasteiger partial charge < -0.3 is 14.2 Å². The highest BCUT2D eigenvalue weighted by molar-refractivity contribution is 6.30. The van der Waals surface area contributed by atoms with Gasteiger partial charge in [-0.15, -0.1) is 0 Å². The molecule has 2 aromatic rings. The molecule has 23 heavy (non-hydrogen) atoms. The summed E-state index contributed by atoms with van der Waals surface area (Å²) in [6.45, 7) is 2.46. The van der Waals surface area contributed by atoms with Gasteiger partial charge in [-0.1, -0.05) is 16.8 Å². The highest BCUT2D eigenvalue weighted by Crippen LogP contribution is 2.23. The Hall–Kier alpha value is -1.73. The lowest BCUT2D eigenvalue weighted by atomic mass is 9.94. The van der Waals surface area contributed by atoms with Gasteiger partial charge >= 0.3 is 0 Å². The van der Waals surface area contributed by atoms with Gasteiger partial charge in [0.2, 0.25) is 11.8 Å². The van der Waals surface area contributed by atoms with E-state index in [1.807, 2.05) is 0 Å². The lowest BCUT2D eigenvalue weighted by Gasteiger charge is -2.31. The Morgan fingerprint density at radius 1 is 1.30 bits per heavy atom. The molecule has 1 aliphatic heterocycles. The topological polar surface area (TPSA) is 77.2 Å². The van der Waals surface area contributed by atoms with Crippen molar-refractivity contribution < 1.29 is 9.26 Å². The van der Waals surface area contributed by atoms with Crippen molar-refractivity contribution in [3.05, 3.63) is 29.1 Å². The molecule has 1 saturated heterocycles. The summed E-state index contributed by atoms with van der Waals surface area (Å²) in [5.41, 5.74) is 0. The van der Waals surface area contributed by atoms with Gasteiger partial charge in [0.25, 0.3) is 0 Å². The number of anilines is 1. The maximum absolute atomic E-state index is 5.82. The minimum absolute atomic E-state index is 0.550. The van der Waals surface area contributed by atoms with Crippen LogP contribution in [0.15, 0.2) is 16.9 Å². The van der Waals surface area contributed by atoms with Gasteiger partial charge in [-0.2, -0.15) is 4.98 Å². The number of rotatable bonds is 6. The maximum atomic E-state index is 5.82. The van der Waals surface area contributed by atoms with E-state index >= 15 is 0 Å². The Labute approximate surface area is 140 Å². The van der Waals surface area contributed by atoms with Crippen LogP contribution in [-0.2, 0) is 17.6 Å². The van der Waals surface area contributed by atoms with Crippen molar-refractivity contribution in [1.29, 1.82) is 0 Å². The van der Waals surface area contributed by atoms with E-state index in [9.17, 15) is 0 Å². The number of hydrogen-bond acceptors (Lipinski definition) is 7. The molecule has 7 nitrogen and oxygen atoms in total. The summed E-state index contributed by atoms with van der Waals surface area (Å²) >= 11 is 5.82. The summed E-state index contributed by atoms with van der Waals surface area (Å²) in [5, 5.41) is 4.54. The van der Waals surface area contributed by atoms with E-state index in [-0.39, 0.29) is 0 Å². The first-order valence-electron chi connectivity index (χ1n) is 7.77. The fourth-order valence-corrected chi connectivity index (χ4v) is 2.82. The Morgan fingerprint density at radius 3 is 2.74 bits per heavy atom. The molecule has 0 saturated carbocycles. The molecule has 0 spiro atoms. The van der Waals surface area contributed by atoms with Crippen molar-refractivity contribution in [2.75, 3.05) is 31.7 Å². The average Bonchev–Trinajstić information content (AvgIpc) is 3.02. The molecule has 0 aliphatic carbocycles. The molecule has 3 heterocycles. The average molecular weight is 338 g/mol. The summed E-state index contributed by atoms with van der Waals surface area (Å²) in [5.74, 6) is 2.73. The Bertz CT molecular complexity index is 611. The van der Waals surface area contributed by atoms with Crippen molar-refractivity contribution in [2.45, 2.75) is 25.7 Å². The highest BCUT2D eigenvalue weighted by Gasteiger charge is 2.23. The summed E-state index contributed by atoms with van der Waals surface area (Å²) in [7, 11) is 1.67. The van der Waals surface area contributed by atoms with Crippen LogP contribution in [0.3, 0.4) is 0 Å². The molecule has 2 aromatic heterocycles. The number of ether oxygens (including phenoxy) is 1. The van der Waals surface area contributed by atoms with E-state index in [0.717, 1.165) is 44.2 Å². The number of piperidine rings is 1. The molecule has 8 heteroatoms. The summed E-state index contributed by atoms with van der Waals surface area (Å²) in [6, 6.07) is 0. The molecule has 3 rings (SSSR count). The number of methoxy groups -OCH3 is 1. The second-order valence-electron chi connectivity index (χ2n) is 5.68. The first kappa shape index (κ1) is 16.1. The molecule has 0 amide bonds. The largest absolute Gasteiger partial charge is 0.384 e. The Morgan fingerprint density at radius 2 is 2.04 bits per heavy atom. The van der Waals surface area contributed by atoms with Crippen LogP contribution < -0.4 is 4.90 Å². The van der Waals surface area contributed by atoms with Gasteiger partial charge in [-0.3, -0.25) is 0 Å². The third-order valence-corrected chi connectivity index (χ3v) is 4.20. The quantitative estimate of drug-likeness (QED) is 0.799. The predicted molar refractivity (Wildman–Crippen MR) is 85.6 cm³/mol. The van der Waals surface area contributed by atoms with E-state index in [1.165, 1.54) is 0 Å². The third kappa shape index (κ3) is 4.39. The van der Waals surface area contributed by atoms with Crippen LogP contribution in [0.25, 0.3) is 0 Å². The van der Waals surface area contributed by atoms with Gasteiger partial charge in [0.05, 0.1) is 24.0 Å². The first-order chi connectivity index (χ1) is 11.2. The highest BCUT2D eigenvalue weighted by atomic mass is 35.5. The predicted octanol–water partition coefficient (Wildman–Crippen LogP) is 2.16. The Balaban J connectivity index is 1.49. The summed E-state index contributed by atoms with van der Waals surface area (Å²) < 4.78 is 10.3. The van der Waals surface area contributed by atoms with E-state index < -0.39 is 0 Å². The van der Waals surface area contributed by atoms with Crippen LogP contribution in [0.2, 0.25) is 5.02 Å². The lowest BCUT2D eigenvalue weighted by molar-refractivity contribution is 0.199. The minimum Gasteiger partial charge on any atom is -0.384 e. The molecular weight excluding hydrogens is 318 g/mol. The van der Waals surface area contributed by atoms with Gasteiger partial charge in [-0.25, -0.2) is 9.97 Å². The Kier molecular flexibility index (Phi) is 5.40. The van der Waals surface area contributed by atoms with Gasteiger partial charge in [0.1, 0.15) is 0 Å². The van der Waals surface area contributed by atoms with Gasteiger partial charge in [0.15, 0.2) is 5.82 Å². The molecule has 124 valence electrons. The van der Waals surface area contributed by atoms with Crippen LogP contribution in [0.5, 0.6) is 0 Å². The van der Waals surface area contributed by atoms with E-state index in [1.54, 1.807) is 19.5 Å². The number of halogens is 1. The van der Waals surface area contributed by atoms with Crippen molar-refractivity contribution in [3.8, 4) is 0 Å². The first-order valence-corrected chi connectivity index (χ1v) is 8.15. The molecule has 0 N–H and O–H groups in total. The number of hydrogen-bond donors (Lipinski definition) is 0. The SMILES string of the molecule is COCCc1noc(CC2CCN(c3ncc(Cl)cn3)CC2)n1. The fraction of sp³-hybridized carbons (Fsp3) is 0.600. The van der Waals surface area contributed by atoms with Gasteiger partial charge in [0, 0.05) is 33.0 Å². The molecule has 0 unspecified atom stereocenters. The van der Waals surface area contributed by atoms with E-state index in [2.05, 4.69) is 25.0 Å². The molecule has 0 bridgehead atoms. The summed E-state index contributed by atoms with van der Waals surface area (Å²) in [4.78, 5) is 15.1. The fourth-order valence-electron chi connectivity index (χ4n) is 2.72. The minimum atomic E-state index is 0.550. The lowest BCUT2D eigenvalue weighted by Crippen LogP contribution is -2.35. The normalized spacial score (nSPS) is 16.0. The molecule has 0 radical (unpaired) electrons. The standard InChI is InChI=1S/C15H20ClN5O2/c1-22-7-4-13-19-14(23-20-13)8-11-2-5-21(6-3-11)15-17-9-12(16)10-18-15/h9-11H,2-8H2,1H3. The third-order valence-electron chi connectivity index (χ3n) is 4.01. The molecule has 0 aromatic carbocycles. The number of nitrogens with zero attached hydrogens (tertiary/aromatic N) is 5. The van der Waals surface area contributed by atoms with E-state index in [4.69, 9.17) is 20.9 Å². The van der Waals surface area contributed by atoms with Crippen molar-refractivity contribution in [3.63, 3.8) is 0 Å². The molecule has 0 atom stereocenters. The summed E-state index contributed by atoms with van der Waals surface area (Å²) in [6.07, 6.45) is 6.90. The smallest absolute Gasteiger partial charge is 0.226 e. The zero-order valence-corrected chi connectivity index (χ0v) is 13.9. The second-order valence-corrected chi connectivity index (χ2v) is 6.12. The molecule has 1 aliphatic rings. The van der Waals surface area contributed by atoms with Crippen LogP contribution in [0.1, 0.15) is 24.6 Å². The van der Waals surface area contributed by atoms with Crippen LogP contribution in [0.4, 0.5) is 5.95 Å².